The fourth-order valence-electron chi connectivity index (χ4n) is 2.30. The van der Waals surface area contributed by atoms with E-state index in [1.807, 2.05) is 0 Å². The van der Waals surface area contributed by atoms with Crippen molar-refractivity contribution in [2.75, 3.05) is 38.3 Å². The summed E-state index contributed by atoms with van der Waals surface area (Å²) < 4.78 is 5.25. The lowest BCUT2D eigenvalue weighted by atomic mass is 10.1. The van der Waals surface area contributed by atoms with Crippen LogP contribution in [-0.4, -0.2) is 44.2 Å². The van der Waals surface area contributed by atoms with E-state index in [0.717, 1.165) is 13.0 Å². The van der Waals surface area contributed by atoms with Gasteiger partial charge in [-0.15, -0.1) is 0 Å². The molecule has 7 heteroatoms. The molecule has 0 spiro atoms. The number of carbonyl (C=O) groups is 1. The molecule has 7 nitrogen and oxygen atoms in total. The quantitative estimate of drug-likeness (QED) is 0.629. The first-order chi connectivity index (χ1) is 10.1. The Bertz CT molecular complexity index is 515. The van der Waals surface area contributed by atoms with Crippen LogP contribution in [0, 0.1) is 16.0 Å². The van der Waals surface area contributed by atoms with Gasteiger partial charge in [-0.05, 0) is 12.5 Å². The number of likely N-dealkylation sites (N-methyl/N-ethyl adjacent to an activating group) is 1. The summed E-state index contributed by atoms with van der Waals surface area (Å²) >= 11 is 0. The van der Waals surface area contributed by atoms with Gasteiger partial charge in [-0.3, -0.25) is 14.9 Å². The van der Waals surface area contributed by atoms with Crippen LogP contribution in [0.15, 0.2) is 24.3 Å². The Morgan fingerprint density at radius 3 is 2.95 bits per heavy atom. The van der Waals surface area contributed by atoms with E-state index >= 15 is 0 Å². The lowest BCUT2D eigenvalue weighted by Gasteiger charge is -2.19. The van der Waals surface area contributed by atoms with Gasteiger partial charge >= 0.3 is 0 Å². The van der Waals surface area contributed by atoms with Crippen LogP contribution in [0.1, 0.15) is 6.42 Å². The summed E-state index contributed by atoms with van der Waals surface area (Å²) in [7, 11) is 1.67. The lowest BCUT2D eigenvalue weighted by molar-refractivity contribution is -0.384. The molecule has 0 bridgehead atoms. The Balaban J connectivity index is 1.89. The van der Waals surface area contributed by atoms with Gasteiger partial charge in [0.2, 0.25) is 5.91 Å². The SMILES string of the molecule is CN(CC(=O)NC[C@@H]1CCOC1)c1ccccc1[N+](=O)[O-]. The third-order valence-corrected chi connectivity index (χ3v) is 3.48. The van der Waals surface area contributed by atoms with E-state index in [9.17, 15) is 14.9 Å². The number of nitrogens with zero attached hydrogens (tertiary/aromatic N) is 2. The van der Waals surface area contributed by atoms with Gasteiger partial charge in [-0.2, -0.15) is 0 Å². The van der Waals surface area contributed by atoms with Crippen molar-refractivity contribution in [2.24, 2.45) is 5.92 Å². The van der Waals surface area contributed by atoms with Gasteiger partial charge in [0, 0.05) is 32.2 Å². The van der Waals surface area contributed by atoms with Crippen LogP contribution in [-0.2, 0) is 9.53 Å². The molecule has 1 aromatic rings. The number of benzene rings is 1. The van der Waals surface area contributed by atoms with Crippen LogP contribution in [0.5, 0.6) is 0 Å². The van der Waals surface area contributed by atoms with Crippen molar-refractivity contribution in [2.45, 2.75) is 6.42 Å². The Labute approximate surface area is 123 Å². The van der Waals surface area contributed by atoms with Crippen molar-refractivity contribution in [3.63, 3.8) is 0 Å². The van der Waals surface area contributed by atoms with Crippen LogP contribution in [0.3, 0.4) is 0 Å². The minimum absolute atomic E-state index is 0.00278. The molecule has 1 aromatic carbocycles. The highest BCUT2D eigenvalue weighted by atomic mass is 16.6. The molecule has 0 aromatic heterocycles. The number of ether oxygens (including phenoxy) is 1. The van der Waals surface area contributed by atoms with Crippen molar-refractivity contribution in [3.8, 4) is 0 Å². The van der Waals surface area contributed by atoms with Crippen molar-refractivity contribution >= 4 is 17.3 Å². The molecule has 0 radical (unpaired) electrons. The topological polar surface area (TPSA) is 84.7 Å². The van der Waals surface area contributed by atoms with Crippen molar-refractivity contribution in [1.29, 1.82) is 0 Å². The van der Waals surface area contributed by atoms with Crippen LogP contribution in [0.25, 0.3) is 0 Å². The Hall–Kier alpha value is -2.15. The van der Waals surface area contributed by atoms with Crippen LogP contribution in [0.2, 0.25) is 0 Å². The minimum Gasteiger partial charge on any atom is -0.381 e. The molecule has 0 aliphatic carbocycles. The zero-order chi connectivity index (χ0) is 15.2. The summed E-state index contributed by atoms with van der Waals surface area (Å²) in [4.78, 5) is 24.0. The van der Waals surface area contributed by atoms with Gasteiger partial charge in [0.15, 0.2) is 0 Å². The summed E-state index contributed by atoms with van der Waals surface area (Å²) in [5.41, 5.74) is 0.429. The number of hydrogen-bond acceptors (Lipinski definition) is 5. The van der Waals surface area contributed by atoms with Crippen LogP contribution >= 0.6 is 0 Å². The Morgan fingerprint density at radius 2 is 2.29 bits per heavy atom. The third-order valence-electron chi connectivity index (χ3n) is 3.48. The van der Waals surface area contributed by atoms with Crippen molar-refractivity contribution in [1.82, 2.24) is 5.32 Å². The number of nitro groups is 1. The van der Waals surface area contributed by atoms with Gasteiger partial charge < -0.3 is 15.0 Å². The molecule has 1 N–H and O–H groups in total. The highest BCUT2D eigenvalue weighted by Crippen LogP contribution is 2.26. The van der Waals surface area contributed by atoms with Gasteiger partial charge in [0.1, 0.15) is 5.69 Å². The average Bonchev–Trinajstić information content (AvgIpc) is 2.98. The maximum absolute atomic E-state index is 11.9. The normalized spacial score (nSPS) is 17.5. The number of hydrogen-bond donors (Lipinski definition) is 1. The minimum atomic E-state index is -0.445. The van der Waals surface area contributed by atoms with E-state index in [1.54, 1.807) is 30.1 Å². The zero-order valence-electron chi connectivity index (χ0n) is 11.9. The lowest BCUT2D eigenvalue weighted by Crippen LogP contribution is -2.37. The number of amides is 1. The largest absolute Gasteiger partial charge is 0.381 e. The van der Waals surface area contributed by atoms with E-state index in [0.29, 0.717) is 24.8 Å². The van der Waals surface area contributed by atoms with Crippen molar-refractivity contribution < 1.29 is 14.5 Å². The number of para-hydroxylation sites is 2. The molecular weight excluding hydrogens is 274 g/mol. The third kappa shape index (κ3) is 4.16. The summed E-state index contributed by atoms with van der Waals surface area (Å²) in [6.07, 6.45) is 0.959. The Kier molecular flexibility index (Phi) is 5.10. The molecule has 1 atom stereocenters. The fourth-order valence-corrected chi connectivity index (χ4v) is 2.30. The fraction of sp³-hybridized carbons (Fsp3) is 0.500. The van der Waals surface area contributed by atoms with Crippen LogP contribution < -0.4 is 10.2 Å². The van der Waals surface area contributed by atoms with Gasteiger partial charge in [0.25, 0.3) is 5.69 Å². The first-order valence-electron chi connectivity index (χ1n) is 6.87. The first-order valence-corrected chi connectivity index (χ1v) is 6.87. The second-order valence-electron chi connectivity index (χ2n) is 5.14. The van der Waals surface area contributed by atoms with Gasteiger partial charge in [-0.1, -0.05) is 12.1 Å². The number of anilines is 1. The molecule has 0 unspecified atom stereocenters. The number of nitrogens with one attached hydrogen (secondary N) is 1. The predicted molar refractivity (Wildman–Crippen MR) is 78.3 cm³/mol. The summed E-state index contributed by atoms with van der Waals surface area (Å²) in [5, 5.41) is 13.8. The van der Waals surface area contributed by atoms with E-state index in [1.165, 1.54) is 6.07 Å². The molecule has 1 aliphatic heterocycles. The molecule has 1 saturated heterocycles. The maximum atomic E-state index is 11.9. The first kappa shape index (κ1) is 15.2. The van der Waals surface area contributed by atoms with Crippen molar-refractivity contribution in [3.05, 3.63) is 34.4 Å². The summed E-state index contributed by atoms with van der Waals surface area (Å²) in [5.74, 6) is 0.216. The average molecular weight is 293 g/mol. The summed E-state index contributed by atoms with van der Waals surface area (Å²) in [6.45, 7) is 2.10. The Morgan fingerprint density at radius 1 is 1.52 bits per heavy atom. The van der Waals surface area contributed by atoms with E-state index in [4.69, 9.17) is 4.74 Å². The molecule has 21 heavy (non-hydrogen) atoms. The standard InChI is InChI=1S/C14H19N3O4/c1-16(12-4-2-3-5-13(12)17(19)20)9-14(18)15-8-11-6-7-21-10-11/h2-5,11H,6-10H2,1H3,(H,15,18)/t11-/m0/s1. The van der Waals surface area contributed by atoms with E-state index < -0.39 is 4.92 Å². The molecule has 1 aliphatic rings. The zero-order valence-corrected chi connectivity index (χ0v) is 11.9. The molecule has 1 amide bonds. The van der Waals surface area contributed by atoms with E-state index in [-0.39, 0.29) is 18.1 Å². The van der Waals surface area contributed by atoms with Crippen LogP contribution in [0.4, 0.5) is 11.4 Å². The monoisotopic (exact) mass is 293 g/mol. The van der Waals surface area contributed by atoms with E-state index in [2.05, 4.69) is 5.32 Å². The second kappa shape index (κ2) is 7.03. The molecular formula is C14H19N3O4. The highest BCUT2D eigenvalue weighted by molar-refractivity contribution is 5.82. The second-order valence-corrected chi connectivity index (χ2v) is 5.14. The highest BCUT2D eigenvalue weighted by Gasteiger charge is 2.19. The molecule has 1 heterocycles. The maximum Gasteiger partial charge on any atom is 0.292 e. The van der Waals surface area contributed by atoms with Gasteiger partial charge in [-0.25, -0.2) is 0 Å². The van der Waals surface area contributed by atoms with Gasteiger partial charge in [0.05, 0.1) is 18.1 Å². The number of rotatable bonds is 6. The molecule has 2 rings (SSSR count). The smallest absolute Gasteiger partial charge is 0.292 e. The number of nitro benzene ring substituents is 1. The molecule has 0 saturated carbocycles. The molecule has 114 valence electrons. The number of carbonyl (C=O) groups excluding carboxylic acids is 1. The summed E-state index contributed by atoms with van der Waals surface area (Å²) in [6, 6.07) is 6.39. The molecule has 1 fully saturated rings. The predicted octanol–water partition coefficient (Wildman–Crippen LogP) is 1.18.